The number of piperidine rings is 1. The fourth-order valence-electron chi connectivity index (χ4n) is 5.78. The van der Waals surface area contributed by atoms with Crippen LogP contribution in [0.4, 0.5) is 11.5 Å². The third-order valence-electron chi connectivity index (χ3n) is 7.90. The molecule has 9 nitrogen and oxygen atoms in total. The van der Waals surface area contributed by atoms with Crippen LogP contribution in [0, 0.1) is 24.2 Å². The van der Waals surface area contributed by atoms with Gasteiger partial charge in [-0.15, -0.1) is 0 Å². The molecule has 2 saturated heterocycles. The van der Waals surface area contributed by atoms with Gasteiger partial charge in [0.05, 0.1) is 35.0 Å². The van der Waals surface area contributed by atoms with Crippen molar-refractivity contribution >= 4 is 40.6 Å². The van der Waals surface area contributed by atoms with Crippen molar-refractivity contribution < 1.29 is 9.59 Å². The number of benzene rings is 2. The average Bonchev–Trinajstić information content (AvgIpc) is 3.64. The summed E-state index contributed by atoms with van der Waals surface area (Å²) in [4.78, 5) is 35.9. The first-order valence-corrected chi connectivity index (χ1v) is 14.3. The van der Waals surface area contributed by atoms with E-state index in [1.807, 2.05) is 30.2 Å². The van der Waals surface area contributed by atoms with Crippen molar-refractivity contribution in [2.75, 3.05) is 29.9 Å². The molecule has 2 aliphatic rings. The van der Waals surface area contributed by atoms with Crippen LogP contribution < -0.4 is 10.2 Å². The highest BCUT2D eigenvalue weighted by atomic mass is 35.5. The minimum Gasteiger partial charge on any atom is -0.355 e. The van der Waals surface area contributed by atoms with Gasteiger partial charge >= 0.3 is 0 Å². The molecule has 0 radical (unpaired) electrons. The van der Waals surface area contributed by atoms with E-state index in [9.17, 15) is 14.9 Å². The Hall–Kier alpha value is -4.42. The molecular weight excluding hydrogens is 538 g/mol. The number of hydrogen-bond acceptors (Lipinski definition) is 6. The summed E-state index contributed by atoms with van der Waals surface area (Å²) in [6.07, 6.45) is 5.41. The summed E-state index contributed by atoms with van der Waals surface area (Å²) < 4.78 is 1.77. The molecule has 6 rings (SSSR count). The van der Waals surface area contributed by atoms with E-state index in [2.05, 4.69) is 16.3 Å². The number of anilines is 2. The van der Waals surface area contributed by atoms with Crippen molar-refractivity contribution in [2.45, 2.75) is 38.6 Å². The van der Waals surface area contributed by atoms with Crippen LogP contribution in [-0.4, -0.2) is 50.9 Å². The van der Waals surface area contributed by atoms with Crippen molar-refractivity contribution in [3.63, 3.8) is 0 Å². The maximum atomic E-state index is 14.1. The van der Waals surface area contributed by atoms with Gasteiger partial charge in [0.25, 0.3) is 11.8 Å². The molecule has 2 aromatic carbocycles. The molecule has 2 fully saturated rings. The van der Waals surface area contributed by atoms with E-state index >= 15 is 0 Å². The molecule has 4 aromatic rings. The molecule has 4 heterocycles. The largest absolute Gasteiger partial charge is 0.355 e. The van der Waals surface area contributed by atoms with Crippen molar-refractivity contribution in [3.8, 4) is 6.07 Å². The number of aromatic nitrogens is 3. The van der Waals surface area contributed by atoms with Gasteiger partial charge in [0, 0.05) is 48.0 Å². The SMILES string of the molecule is Cc1cn2nc([C@@H]3CCCCN3C(=O)c3cc(Cl)ccc3NC(=O)c3ccccc3)cc2nc1N1CCC(C#N)C1. The van der Waals surface area contributed by atoms with Crippen LogP contribution in [0.2, 0.25) is 5.02 Å². The molecule has 0 aliphatic carbocycles. The van der Waals surface area contributed by atoms with E-state index in [1.165, 1.54) is 0 Å². The van der Waals surface area contributed by atoms with E-state index in [-0.39, 0.29) is 23.8 Å². The van der Waals surface area contributed by atoms with Crippen molar-refractivity contribution in [1.29, 1.82) is 5.26 Å². The molecule has 0 bridgehead atoms. The number of nitrogens with one attached hydrogen (secondary N) is 1. The minimum atomic E-state index is -0.297. The lowest BCUT2D eigenvalue weighted by Crippen LogP contribution is -2.39. The summed E-state index contributed by atoms with van der Waals surface area (Å²) in [5, 5.41) is 17.5. The zero-order chi connectivity index (χ0) is 28.5. The van der Waals surface area contributed by atoms with Gasteiger partial charge in [0.1, 0.15) is 5.82 Å². The first-order valence-electron chi connectivity index (χ1n) is 13.9. The van der Waals surface area contributed by atoms with Crippen molar-refractivity contribution in [1.82, 2.24) is 19.5 Å². The van der Waals surface area contributed by atoms with Crippen molar-refractivity contribution in [3.05, 3.63) is 88.2 Å². The Labute approximate surface area is 243 Å². The number of carbonyl (C=O) groups is 2. The molecule has 41 heavy (non-hydrogen) atoms. The lowest BCUT2D eigenvalue weighted by molar-refractivity contribution is 0.0607. The standard InChI is InChI=1S/C31H30ClN7O2/c1-20-18-39-28(35-29(20)37-14-12-21(17-33)19-37)16-26(36-39)27-9-5-6-13-38(27)31(41)24-15-23(32)10-11-25(24)34-30(40)22-7-3-2-4-8-22/h2-4,7-8,10-11,15-16,18,21,27H,5-6,9,12-14,19H2,1H3,(H,34,40)/t21?,27-/m0/s1. The third-order valence-corrected chi connectivity index (χ3v) is 8.13. The summed E-state index contributed by atoms with van der Waals surface area (Å²) in [7, 11) is 0. The predicted octanol–water partition coefficient (Wildman–Crippen LogP) is 5.66. The van der Waals surface area contributed by atoms with E-state index in [0.29, 0.717) is 40.6 Å². The van der Waals surface area contributed by atoms with Crippen LogP contribution in [0.15, 0.2) is 60.8 Å². The second-order valence-electron chi connectivity index (χ2n) is 10.7. The smallest absolute Gasteiger partial charge is 0.256 e. The second kappa shape index (κ2) is 11.2. The topological polar surface area (TPSA) is 107 Å². The number of nitrogens with zero attached hydrogens (tertiary/aromatic N) is 6. The number of nitriles is 1. The molecule has 2 atom stereocenters. The van der Waals surface area contributed by atoms with Gasteiger partial charge in [-0.05, 0) is 62.9 Å². The summed E-state index contributed by atoms with van der Waals surface area (Å²) in [6, 6.07) is 17.9. The summed E-state index contributed by atoms with van der Waals surface area (Å²) in [6.45, 7) is 4.05. The summed E-state index contributed by atoms with van der Waals surface area (Å²) >= 11 is 6.33. The Balaban J connectivity index is 1.30. The zero-order valence-corrected chi connectivity index (χ0v) is 23.5. The Bertz CT molecular complexity index is 1660. The van der Waals surface area contributed by atoms with Gasteiger partial charge in [-0.2, -0.15) is 10.4 Å². The number of hydrogen-bond donors (Lipinski definition) is 1. The van der Waals surface area contributed by atoms with Crippen molar-refractivity contribution in [2.24, 2.45) is 5.92 Å². The van der Waals surface area contributed by atoms with Crippen LogP contribution in [-0.2, 0) is 0 Å². The lowest BCUT2D eigenvalue weighted by Gasteiger charge is -2.35. The predicted molar refractivity (Wildman–Crippen MR) is 157 cm³/mol. The third kappa shape index (κ3) is 5.35. The first-order chi connectivity index (χ1) is 19.9. The van der Waals surface area contributed by atoms with Crippen LogP contribution >= 0.6 is 11.6 Å². The van der Waals surface area contributed by atoms with Gasteiger partial charge in [-0.1, -0.05) is 29.8 Å². The van der Waals surface area contributed by atoms with Gasteiger partial charge in [0.15, 0.2) is 5.65 Å². The first kappa shape index (κ1) is 26.8. The summed E-state index contributed by atoms with van der Waals surface area (Å²) in [5.41, 5.74) is 3.72. The fourth-order valence-corrected chi connectivity index (χ4v) is 5.96. The summed E-state index contributed by atoms with van der Waals surface area (Å²) in [5.74, 6) is 0.385. The number of halogens is 1. The number of fused-ring (bicyclic) bond motifs is 1. The normalized spacial score (nSPS) is 18.9. The molecule has 2 amide bonds. The van der Waals surface area contributed by atoms with E-state index in [4.69, 9.17) is 21.7 Å². The minimum absolute atomic E-state index is 0.0172. The molecule has 208 valence electrons. The highest BCUT2D eigenvalue weighted by Crippen LogP contribution is 2.34. The number of aryl methyl sites for hydroxylation is 1. The second-order valence-corrected chi connectivity index (χ2v) is 11.1. The van der Waals surface area contributed by atoms with Gasteiger partial charge in [-0.3, -0.25) is 9.59 Å². The quantitative estimate of drug-likeness (QED) is 0.333. The molecule has 1 unspecified atom stereocenters. The van der Waals surface area contributed by atoms with Crippen LogP contribution in [0.3, 0.4) is 0 Å². The van der Waals surface area contributed by atoms with Crippen LogP contribution in [0.25, 0.3) is 5.65 Å². The monoisotopic (exact) mass is 567 g/mol. The molecule has 10 heteroatoms. The highest BCUT2D eigenvalue weighted by Gasteiger charge is 2.32. The van der Waals surface area contributed by atoms with Crippen LogP contribution in [0.1, 0.15) is 63.7 Å². The van der Waals surface area contributed by atoms with E-state index < -0.39 is 0 Å². The zero-order valence-electron chi connectivity index (χ0n) is 22.8. The molecular formula is C31H30ClN7O2. The highest BCUT2D eigenvalue weighted by molar-refractivity contribution is 6.31. The lowest BCUT2D eigenvalue weighted by atomic mass is 9.97. The number of rotatable bonds is 5. The van der Waals surface area contributed by atoms with Crippen LogP contribution in [0.5, 0.6) is 0 Å². The maximum Gasteiger partial charge on any atom is 0.256 e. The Morgan fingerprint density at radius 1 is 1.07 bits per heavy atom. The van der Waals surface area contributed by atoms with E-state index in [1.54, 1.807) is 47.0 Å². The fraction of sp³-hybridized carbons (Fsp3) is 0.323. The van der Waals surface area contributed by atoms with Gasteiger partial charge in [0.2, 0.25) is 0 Å². The number of carbonyl (C=O) groups excluding carboxylic acids is 2. The molecule has 2 aromatic heterocycles. The Morgan fingerprint density at radius 3 is 2.68 bits per heavy atom. The average molecular weight is 568 g/mol. The Morgan fingerprint density at radius 2 is 1.90 bits per heavy atom. The molecule has 0 saturated carbocycles. The number of amides is 2. The molecule has 0 spiro atoms. The molecule has 1 N–H and O–H groups in total. The van der Waals surface area contributed by atoms with Gasteiger partial charge < -0.3 is 15.1 Å². The number of likely N-dealkylation sites (tertiary alicyclic amines) is 1. The van der Waals surface area contributed by atoms with Gasteiger partial charge in [-0.25, -0.2) is 9.50 Å². The molecule has 2 aliphatic heterocycles. The maximum absolute atomic E-state index is 14.1. The van der Waals surface area contributed by atoms with E-state index in [0.717, 1.165) is 49.3 Å². The Kier molecular flexibility index (Phi) is 7.33.